The number of hydrogen-bond acceptors (Lipinski definition) is 2. The highest BCUT2D eigenvalue weighted by molar-refractivity contribution is 9.11. The van der Waals surface area contributed by atoms with E-state index in [1.807, 2.05) is 42.1 Å². The van der Waals surface area contributed by atoms with Gasteiger partial charge in [0.1, 0.15) is 5.52 Å². The second kappa shape index (κ2) is 9.69. The number of fused-ring (bicyclic) bond motifs is 2. The summed E-state index contributed by atoms with van der Waals surface area (Å²) in [5.74, 6) is 0. The molecule has 4 rings (SSSR count). The molecule has 0 fully saturated rings. The van der Waals surface area contributed by atoms with Crippen molar-refractivity contribution in [3.63, 3.8) is 0 Å². The molecule has 3 aromatic rings. The SMILES string of the molecule is Brc1ccc(Br)c2c1CC=N2.C.Cn1cnc2c(Br)ccc(Br)c21.S. The van der Waals surface area contributed by atoms with Gasteiger partial charge in [0.25, 0.3) is 0 Å². The summed E-state index contributed by atoms with van der Waals surface area (Å²) in [4.78, 5) is 8.52. The van der Waals surface area contributed by atoms with Crippen molar-refractivity contribution in [2.75, 3.05) is 0 Å². The fraction of sp³-hybridized carbons (Fsp3) is 0.176. The van der Waals surface area contributed by atoms with Gasteiger partial charge in [-0.15, -0.1) is 0 Å². The van der Waals surface area contributed by atoms with Crippen LogP contribution in [0.15, 0.2) is 53.5 Å². The van der Waals surface area contributed by atoms with E-state index < -0.39 is 0 Å². The molecule has 8 heteroatoms. The quantitative estimate of drug-likeness (QED) is 0.261. The summed E-state index contributed by atoms with van der Waals surface area (Å²) < 4.78 is 6.31. The molecular weight excluding hydrogens is 598 g/mol. The number of rotatable bonds is 0. The zero-order valence-corrected chi connectivity index (χ0v) is 19.9. The van der Waals surface area contributed by atoms with Crippen LogP contribution in [0, 0.1) is 0 Å². The van der Waals surface area contributed by atoms with Crippen molar-refractivity contribution in [2.45, 2.75) is 13.8 Å². The number of aryl methyl sites for hydroxylation is 1. The lowest BCUT2D eigenvalue weighted by molar-refractivity contribution is 0.945. The largest absolute Gasteiger partial charge is 0.333 e. The molecule has 3 nitrogen and oxygen atoms in total. The summed E-state index contributed by atoms with van der Waals surface area (Å²) in [6.45, 7) is 0. The number of imidazole rings is 1. The predicted molar refractivity (Wildman–Crippen MR) is 127 cm³/mol. The van der Waals surface area contributed by atoms with Gasteiger partial charge in [0, 0.05) is 37.6 Å². The van der Waals surface area contributed by atoms with E-state index in [1.165, 1.54) is 5.56 Å². The third-order valence-electron chi connectivity index (χ3n) is 3.46. The van der Waals surface area contributed by atoms with Gasteiger partial charge in [-0.1, -0.05) is 23.4 Å². The molecule has 1 aliphatic rings. The molecule has 1 aliphatic heterocycles. The van der Waals surface area contributed by atoms with Crippen molar-refractivity contribution in [1.29, 1.82) is 0 Å². The number of aromatic nitrogens is 2. The minimum Gasteiger partial charge on any atom is -0.333 e. The van der Waals surface area contributed by atoms with Crippen LogP contribution < -0.4 is 0 Å². The maximum atomic E-state index is 4.26. The van der Waals surface area contributed by atoms with Crippen LogP contribution in [0.5, 0.6) is 0 Å². The van der Waals surface area contributed by atoms with E-state index >= 15 is 0 Å². The third-order valence-corrected chi connectivity index (χ3v) is 6.12. The van der Waals surface area contributed by atoms with Crippen LogP contribution in [-0.2, 0) is 13.5 Å². The Kier molecular flexibility index (Phi) is 8.87. The van der Waals surface area contributed by atoms with Gasteiger partial charge in [-0.25, -0.2) is 4.98 Å². The molecule has 0 amide bonds. The van der Waals surface area contributed by atoms with Gasteiger partial charge in [0.2, 0.25) is 0 Å². The van der Waals surface area contributed by atoms with Crippen molar-refractivity contribution in [1.82, 2.24) is 9.55 Å². The molecule has 0 N–H and O–H groups in total. The van der Waals surface area contributed by atoms with E-state index in [-0.39, 0.29) is 20.9 Å². The molecule has 0 atom stereocenters. The highest BCUT2D eigenvalue weighted by Gasteiger charge is 2.12. The van der Waals surface area contributed by atoms with Crippen molar-refractivity contribution in [3.05, 3.63) is 54.0 Å². The Labute approximate surface area is 188 Å². The van der Waals surface area contributed by atoms with Crippen molar-refractivity contribution in [2.24, 2.45) is 12.0 Å². The highest BCUT2D eigenvalue weighted by Crippen LogP contribution is 2.37. The maximum absolute atomic E-state index is 4.26. The van der Waals surface area contributed by atoms with Gasteiger partial charge < -0.3 is 4.57 Å². The molecule has 134 valence electrons. The Bertz CT molecular complexity index is 922. The molecule has 0 radical (unpaired) electrons. The first-order valence-electron chi connectivity index (χ1n) is 6.73. The van der Waals surface area contributed by atoms with E-state index in [4.69, 9.17) is 0 Å². The molecule has 0 aliphatic carbocycles. The molecule has 2 aromatic carbocycles. The average molecular weight is 615 g/mol. The van der Waals surface area contributed by atoms with E-state index in [2.05, 4.69) is 73.7 Å². The Morgan fingerprint density at radius 2 is 1.52 bits per heavy atom. The number of aliphatic imine (C=N–C) groups is 1. The van der Waals surface area contributed by atoms with Crippen LogP contribution in [0.2, 0.25) is 0 Å². The lowest BCUT2D eigenvalue weighted by atomic mass is 10.2. The van der Waals surface area contributed by atoms with Gasteiger partial charge in [-0.05, 0) is 77.6 Å². The number of hydrogen-bond donors (Lipinski definition) is 0. The van der Waals surface area contributed by atoms with Crippen LogP contribution in [-0.4, -0.2) is 15.8 Å². The molecule has 25 heavy (non-hydrogen) atoms. The fourth-order valence-corrected chi connectivity index (χ4v) is 4.31. The monoisotopic (exact) mass is 611 g/mol. The van der Waals surface area contributed by atoms with Crippen LogP contribution in [0.1, 0.15) is 13.0 Å². The highest BCUT2D eigenvalue weighted by atomic mass is 79.9. The Morgan fingerprint density at radius 3 is 2.16 bits per heavy atom. The van der Waals surface area contributed by atoms with Crippen LogP contribution in [0.3, 0.4) is 0 Å². The van der Waals surface area contributed by atoms with Crippen LogP contribution in [0.25, 0.3) is 11.0 Å². The number of halogens is 4. The van der Waals surface area contributed by atoms with E-state index in [0.717, 1.165) is 41.0 Å². The lowest BCUT2D eigenvalue weighted by Crippen LogP contribution is -1.84. The summed E-state index contributed by atoms with van der Waals surface area (Å²) in [6.07, 6.45) is 4.68. The molecule has 2 heterocycles. The maximum Gasteiger partial charge on any atom is 0.104 e. The topological polar surface area (TPSA) is 30.2 Å². The van der Waals surface area contributed by atoms with Crippen LogP contribution >= 0.6 is 77.2 Å². The van der Waals surface area contributed by atoms with Crippen molar-refractivity contribution in [3.8, 4) is 0 Å². The smallest absolute Gasteiger partial charge is 0.104 e. The summed E-state index contributed by atoms with van der Waals surface area (Å²) >= 11 is 13.9. The molecule has 0 unspecified atom stereocenters. The van der Waals surface area contributed by atoms with Crippen LogP contribution in [0.4, 0.5) is 5.69 Å². The first-order valence-corrected chi connectivity index (χ1v) is 9.90. The standard InChI is InChI=1S/C8H6Br2N2.C8H5Br2N.CH4.H2S/c1-12-4-11-7-5(9)2-3-6(10)8(7)12;9-6-1-2-7(10)8-5(6)3-4-11-8;;/h2-4H,1H3;1-2,4H,3H2;1H4;1H2. The summed E-state index contributed by atoms with van der Waals surface area (Å²) in [7, 11) is 1.98. The van der Waals surface area contributed by atoms with Gasteiger partial charge in [-0.2, -0.15) is 13.5 Å². The lowest BCUT2D eigenvalue weighted by Gasteiger charge is -2.01. The van der Waals surface area contributed by atoms with Gasteiger partial charge in [-0.3, -0.25) is 4.99 Å². The Hall–Kier alpha value is -0.150. The minimum atomic E-state index is 0. The molecule has 0 saturated carbocycles. The number of benzene rings is 2. The molecule has 1 aromatic heterocycles. The zero-order valence-electron chi connectivity index (χ0n) is 12.5. The summed E-state index contributed by atoms with van der Waals surface area (Å²) in [6, 6.07) is 8.04. The zero-order chi connectivity index (χ0) is 16.6. The van der Waals surface area contributed by atoms with Crippen molar-refractivity contribution >= 4 is 100 Å². The van der Waals surface area contributed by atoms with Gasteiger partial charge in [0.05, 0.1) is 17.5 Å². The average Bonchev–Trinajstić information content (AvgIpc) is 3.16. The normalized spacial score (nSPS) is 11.2. The predicted octanol–water partition coefficient (Wildman–Crippen LogP) is 7.32. The summed E-state index contributed by atoms with van der Waals surface area (Å²) in [5, 5.41) is 0. The second-order valence-corrected chi connectivity index (χ2v) is 8.37. The Balaban J connectivity index is 0.000000232. The van der Waals surface area contributed by atoms with E-state index in [0.29, 0.717) is 0 Å². The third kappa shape index (κ3) is 4.77. The van der Waals surface area contributed by atoms with Gasteiger partial charge in [0.15, 0.2) is 0 Å². The van der Waals surface area contributed by atoms with E-state index in [1.54, 1.807) is 6.33 Å². The molecule has 0 spiro atoms. The minimum absolute atomic E-state index is 0. The fourth-order valence-electron chi connectivity index (χ4n) is 2.34. The Morgan fingerprint density at radius 1 is 0.920 bits per heavy atom. The first kappa shape index (κ1) is 22.9. The molecule has 0 saturated heterocycles. The second-order valence-electron chi connectivity index (χ2n) is 4.95. The van der Waals surface area contributed by atoms with E-state index in [9.17, 15) is 0 Å². The summed E-state index contributed by atoms with van der Waals surface area (Å²) in [5.41, 5.74) is 4.45. The molecule has 0 bridgehead atoms. The first-order chi connectivity index (χ1) is 11.0. The van der Waals surface area contributed by atoms with Gasteiger partial charge >= 0.3 is 0 Å². The van der Waals surface area contributed by atoms with Crippen molar-refractivity contribution < 1.29 is 0 Å². The molecular formula is C17H17Br4N3S. The number of nitrogens with zero attached hydrogens (tertiary/aromatic N) is 3.